The van der Waals surface area contributed by atoms with Crippen molar-refractivity contribution in [1.29, 1.82) is 0 Å². The zero-order chi connectivity index (χ0) is 14.5. The second-order valence-electron chi connectivity index (χ2n) is 5.29. The molecule has 20 heavy (non-hydrogen) atoms. The molecule has 0 radical (unpaired) electrons. The third-order valence-corrected chi connectivity index (χ3v) is 4.12. The summed E-state index contributed by atoms with van der Waals surface area (Å²) in [7, 11) is 0. The van der Waals surface area contributed by atoms with Crippen LogP contribution in [0.1, 0.15) is 32.6 Å². The SMILES string of the molecule is CCCNc1nc(NCC2CCC(O)C2)c(Cl)cc1Cl. The monoisotopic (exact) mass is 317 g/mol. The summed E-state index contributed by atoms with van der Waals surface area (Å²) in [4.78, 5) is 4.44. The van der Waals surface area contributed by atoms with Crippen molar-refractivity contribution in [2.24, 2.45) is 5.92 Å². The summed E-state index contributed by atoms with van der Waals surface area (Å²) >= 11 is 12.3. The number of rotatable bonds is 6. The molecule has 0 amide bonds. The third-order valence-electron chi connectivity index (χ3n) is 3.54. The molecule has 1 aliphatic carbocycles. The molecule has 0 spiro atoms. The highest BCUT2D eigenvalue weighted by atomic mass is 35.5. The van der Waals surface area contributed by atoms with E-state index in [0.29, 0.717) is 27.6 Å². The normalized spacial score (nSPS) is 22.0. The number of nitrogens with zero attached hydrogens (tertiary/aromatic N) is 1. The van der Waals surface area contributed by atoms with Crippen molar-refractivity contribution < 1.29 is 5.11 Å². The van der Waals surface area contributed by atoms with E-state index < -0.39 is 0 Å². The molecule has 1 aromatic rings. The van der Waals surface area contributed by atoms with Crippen LogP contribution in [0.4, 0.5) is 11.6 Å². The summed E-state index contributed by atoms with van der Waals surface area (Å²) in [5.74, 6) is 1.79. The van der Waals surface area contributed by atoms with Crippen LogP contribution in [-0.4, -0.2) is 29.3 Å². The quantitative estimate of drug-likeness (QED) is 0.747. The molecule has 6 heteroatoms. The van der Waals surface area contributed by atoms with Crippen LogP contribution in [0.5, 0.6) is 0 Å². The molecule has 1 aromatic heterocycles. The van der Waals surface area contributed by atoms with E-state index in [0.717, 1.165) is 38.8 Å². The third kappa shape index (κ3) is 4.14. The summed E-state index contributed by atoms with van der Waals surface area (Å²) in [5.41, 5.74) is 0. The van der Waals surface area contributed by atoms with Crippen LogP contribution >= 0.6 is 23.2 Å². The number of pyridine rings is 1. The minimum absolute atomic E-state index is 0.155. The zero-order valence-corrected chi connectivity index (χ0v) is 13.1. The van der Waals surface area contributed by atoms with Gasteiger partial charge in [0, 0.05) is 13.1 Å². The van der Waals surface area contributed by atoms with Gasteiger partial charge in [-0.25, -0.2) is 4.98 Å². The van der Waals surface area contributed by atoms with E-state index in [4.69, 9.17) is 23.2 Å². The average Bonchev–Trinajstić information content (AvgIpc) is 2.82. The maximum Gasteiger partial charge on any atom is 0.147 e. The predicted molar refractivity (Wildman–Crippen MR) is 84.9 cm³/mol. The van der Waals surface area contributed by atoms with Crippen LogP contribution in [0.3, 0.4) is 0 Å². The number of hydrogen-bond donors (Lipinski definition) is 3. The first kappa shape index (κ1) is 15.7. The van der Waals surface area contributed by atoms with Crippen LogP contribution < -0.4 is 10.6 Å². The molecule has 0 aliphatic heterocycles. The molecule has 0 aromatic carbocycles. The molecular weight excluding hydrogens is 297 g/mol. The van der Waals surface area contributed by atoms with Gasteiger partial charge in [-0.1, -0.05) is 30.1 Å². The Morgan fingerprint density at radius 1 is 1.25 bits per heavy atom. The van der Waals surface area contributed by atoms with Crippen LogP contribution in [0, 0.1) is 5.92 Å². The minimum Gasteiger partial charge on any atom is -0.393 e. The van der Waals surface area contributed by atoms with Gasteiger partial charge < -0.3 is 15.7 Å². The van der Waals surface area contributed by atoms with Crippen LogP contribution in [0.15, 0.2) is 6.07 Å². The molecular formula is C14H21Cl2N3O. The molecule has 112 valence electrons. The Morgan fingerprint density at radius 2 is 1.95 bits per heavy atom. The lowest BCUT2D eigenvalue weighted by Crippen LogP contribution is -2.14. The first-order chi connectivity index (χ1) is 9.60. The molecule has 3 N–H and O–H groups in total. The van der Waals surface area contributed by atoms with Crippen molar-refractivity contribution in [3.8, 4) is 0 Å². The molecule has 2 rings (SSSR count). The van der Waals surface area contributed by atoms with Crippen molar-refractivity contribution in [3.63, 3.8) is 0 Å². The highest BCUT2D eigenvalue weighted by Gasteiger charge is 2.22. The number of aromatic nitrogens is 1. The Kier molecular flexibility index (Phi) is 5.75. The Morgan fingerprint density at radius 3 is 2.55 bits per heavy atom. The van der Waals surface area contributed by atoms with E-state index in [-0.39, 0.29) is 6.10 Å². The highest BCUT2D eigenvalue weighted by molar-refractivity contribution is 6.37. The van der Waals surface area contributed by atoms with Crippen molar-refractivity contribution in [1.82, 2.24) is 4.98 Å². The lowest BCUT2D eigenvalue weighted by Gasteiger charge is -2.14. The van der Waals surface area contributed by atoms with E-state index >= 15 is 0 Å². The maximum absolute atomic E-state index is 9.53. The van der Waals surface area contributed by atoms with Gasteiger partial charge in [-0.3, -0.25) is 0 Å². The number of aliphatic hydroxyl groups is 1. The fourth-order valence-electron chi connectivity index (χ4n) is 2.43. The Bertz CT molecular complexity index is 456. The summed E-state index contributed by atoms with van der Waals surface area (Å²) in [5, 5.41) is 17.0. The number of halogens is 2. The average molecular weight is 318 g/mol. The van der Waals surface area contributed by atoms with E-state index in [1.54, 1.807) is 6.07 Å². The molecule has 4 nitrogen and oxygen atoms in total. The van der Waals surface area contributed by atoms with Crippen molar-refractivity contribution in [2.45, 2.75) is 38.7 Å². The van der Waals surface area contributed by atoms with E-state index in [1.165, 1.54) is 0 Å². The fourth-order valence-corrected chi connectivity index (χ4v) is 2.93. The first-order valence-electron chi connectivity index (χ1n) is 7.12. The van der Waals surface area contributed by atoms with Crippen LogP contribution in [-0.2, 0) is 0 Å². The van der Waals surface area contributed by atoms with Gasteiger partial charge in [0.2, 0.25) is 0 Å². The summed E-state index contributed by atoms with van der Waals surface area (Å²) in [6.45, 7) is 3.68. The number of hydrogen-bond acceptors (Lipinski definition) is 4. The standard InChI is InChI=1S/C14H21Cl2N3O/c1-2-5-17-13-11(15)7-12(16)14(19-13)18-8-9-3-4-10(20)6-9/h7,9-10,20H,2-6,8H2,1H3,(H2,17,18,19). The van der Waals surface area contributed by atoms with Crippen molar-refractivity contribution in [3.05, 3.63) is 16.1 Å². The highest BCUT2D eigenvalue weighted by Crippen LogP contribution is 2.31. The molecule has 1 fully saturated rings. The lowest BCUT2D eigenvalue weighted by atomic mass is 10.1. The van der Waals surface area contributed by atoms with Gasteiger partial charge in [0.05, 0.1) is 16.1 Å². The van der Waals surface area contributed by atoms with E-state index in [1.807, 2.05) is 0 Å². The molecule has 1 saturated carbocycles. The Labute approximate surface area is 129 Å². The molecule has 0 saturated heterocycles. The van der Waals surface area contributed by atoms with Crippen molar-refractivity contribution in [2.75, 3.05) is 23.7 Å². The fraction of sp³-hybridized carbons (Fsp3) is 0.643. The molecule has 2 unspecified atom stereocenters. The van der Waals surface area contributed by atoms with Crippen LogP contribution in [0.25, 0.3) is 0 Å². The van der Waals surface area contributed by atoms with Gasteiger partial charge in [0.1, 0.15) is 11.6 Å². The van der Waals surface area contributed by atoms with Gasteiger partial charge in [0.15, 0.2) is 0 Å². The summed E-state index contributed by atoms with van der Waals surface area (Å²) in [6, 6.07) is 1.71. The molecule has 1 heterocycles. The maximum atomic E-state index is 9.53. The minimum atomic E-state index is -0.155. The van der Waals surface area contributed by atoms with E-state index in [2.05, 4.69) is 22.5 Å². The second-order valence-corrected chi connectivity index (χ2v) is 6.10. The zero-order valence-electron chi connectivity index (χ0n) is 11.6. The topological polar surface area (TPSA) is 57.2 Å². The Hall–Kier alpha value is -0.710. The first-order valence-corrected chi connectivity index (χ1v) is 7.87. The smallest absolute Gasteiger partial charge is 0.147 e. The summed E-state index contributed by atoms with van der Waals surface area (Å²) in [6.07, 6.45) is 3.62. The van der Waals surface area contributed by atoms with Crippen molar-refractivity contribution >= 4 is 34.8 Å². The van der Waals surface area contributed by atoms with E-state index in [9.17, 15) is 5.11 Å². The largest absolute Gasteiger partial charge is 0.393 e. The van der Waals surface area contributed by atoms with Gasteiger partial charge in [-0.2, -0.15) is 0 Å². The Balaban J connectivity index is 1.99. The van der Waals surface area contributed by atoms with Gasteiger partial charge in [0.25, 0.3) is 0 Å². The number of aliphatic hydroxyl groups excluding tert-OH is 1. The number of nitrogens with one attached hydrogen (secondary N) is 2. The lowest BCUT2D eigenvalue weighted by molar-refractivity contribution is 0.178. The van der Waals surface area contributed by atoms with Gasteiger partial charge in [-0.15, -0.1) is 0 Å². The van der Waals surface area contributed by atoms with Gasteiger partial charge in [-0.05, 0) is 37.7 Å². The van der Waals surface area contributed by atoms with Gasteiger partial charge >= 0.3 is 0 Å². The van der Waals surface area contributed by atoms with Crippen LogP contribution in [0.2, 0.25) is 10.0 Å². The molecule has 2 atom stereocenters. The predicted octanol–water partition coefficient (Wildman–Crippen LogP) is 3.78. The summed E-state index contributed by atoms with van der Waals surface area (Å²) < 4.78 is 0. The molecule has 1 aliphatic rings. The second kappa shape index (κ2) is 7.34. The molecule has 0 bridgehead atoms. The number of anilines is 2.